The molecule has 2 nitrogen and oxygen atoms in total. The van der Waals surface area contributed by atoms with Gasteiger partial charge in [0.1, 0.15) is 5.75 Å². The maximum Gasteiger partial charge on any atom is 0.219 e. The molecule has 0 saturated heterocycles. The minimum Gasteiger partial charge on any atom is -0.439 e. The lowest BCUT2D eigenvalue weighted by Crippen LogP contribution is -1.88. The molecule has 1 aromatic heterocycles. The molecule has 0 atom stereocenters. The fourth-order valence-electron chi connectivity index (χ4n) is 1.76. The van der Waals surface area contributed by atoms with Gasteiger partial charge in [-0.2, -0.15) is 0 Å². The van der Waals surface area contributed by atoms with Gasteiger partial charge in [-0.15, -0.1) is 0 Å². The summed E-state index contributed by atoms with van der Waals surface area (Å²) in [6, 6.07) is 19.8. The molecule has 18 heavy (non-hydrogen) atoms. The Bertz CT molecular complexity index is 697. The Morgan fingerprint density at radius 3 is 2.67 bits per heavy atom. The Kier molecular flexibility index (Phi) is 3.15. The number of aromatic nitrogens is 1. The van der Waals surface area contributed by atoms with Crippen LogP contribution in [0.4, 0.5) is 0 Å². The van der Waals surface area contributed by atoms with Crippen molar-refractivity contribution in [3.63, 3.8) is 0 Å². The highest BCUT2D eigenvalue weighted by atomic mass is 127. The van der Waals surface area contributed by atoms with Gasteiger partial charge in [0.15, 0.2) is 0 Å². The second-order valence-electron chi connectivity index (χ2n) is 3.90. The van der Waals surface area contributed by atoms with Crippen molar-refractivity contribution in [2.24, 2.45) is 0 Å². The van der Waals surface area contributed by atoms with E-state index in [1.165, 1.54) is 0 Å². The van der Waals surface area contributed by atoms with Crippen LogP contribution in [-0.4, -0.2) is 4.98 Å². The van der Waals surface area contributed by atoms with E-state index >= 15 is 0 Å². The third-order valence-corrected chi connectivity index (χ3v) is 3.26. The van der Waals surface area contributed by atoms with Crippen LogP contribution >= 0.6 is 22.6 Å². The third kappa shape index (κ3) is 2.46. The molecule has 0 aliphatic rings. The lowest BCUT2D eigenvalue weighted by atomic mass is 10.2. The number of hydrogen-bond donors (Lipinski definition) is 0. The minimum absolute atomic E-state index is 0.621. The number of nitrogens with zero attached hydrogens (tertiary/aromatic N) is 1. The standard InChI is InChI=1S/C15H10INO/c16-12-5-3-6-13(10-12)18-15-9-8-11-4-1-2-7-14(11)17-15/h1-10H. The van der Waals surface area contributed by atoms with E-state index in [1.54, 1.807) is 0 Å². The van der Waals surface area contributed by atoms with Gasteiger partial charge in [-0.3, -0.25) is 0 Å². The summed E-state index contributed by atoms with van der Waals surface area (Å²) in [7, 11) is 0. The summed E-state index contributed by atoms with van der Waals surface area (Å²) in [5.74, 6) is 1.43. The number of pyridine rings is 1. The third-order valence-electron chi connectivity index (χ3n) is 2.59. The Balaban J connectivity index is 1.95. The van der Waals surface area contributed by atoms with E-state index in [2.05, 4.69) is 27.6 Å². The van der Waals surface area contributed by atoms with Crippen molar-refractivity contribution < 1.29 is 4.74 Å². The highest BCUT2D eigenvalue weighted by Gasteiger charge is 2.01. The maximum absolute atomic E-state index is 5.75. The first kappa shape index (κ1) is 11.5. The van der Waals surface area contributed by atoms with Crippen LogP contribution in [0.5, 0.6) is 11.6 Å². The molecule has 0 aliphatic heterocycles. The van der Waals surface area contributed by atoms with E-state index < -0.39 is 0 Å². The molecule has 0 saturated carbocycles. The molecule has 0 aliphatic carbocycles. The summed E-state index contributed by atoms with van der Waals surface area (Å²) in [5, 5.41) is 1.12. The smallest absolute Gasteiger partial charge is 0.219 e. The first-order valence-corrected chi connectivity index (χ1v) is 6.68. The van der Waals surface area contributed by atoms with Crippen molar-refractivity contribution in [2.45, 2.75) is 0 Å². The van der Waals surface area contributed by atoms with Crippen molar-refractivity contribution in [3.8, 4) is 11.6 Å². The molecule has 0 radical (unpaired) electrons. The van der Waals surface area contributed by atoms with Gasteiger partial charge >= 0.3 is 0 Å². The first-order valence-electron chi connectivity index (χ1n) is 5.60. The van der Waals surface area contributed by atoms with Crippen LogP contribution in [0.1, 0.15) is 0 Å². The van der Waals surface area contributed by atoms with Crippen molar-refractivity contribution in [2.75, 3.05) is 0 Å². The number of benzene rings is 2. The van der Waals surface area contributed by atoms with E-state index in [0.29, 0.717) is 5.88 Å². The Labute approximate surface area is 119 Å². The number of halogens is 1. The zero-order valence-electron chi connectivity index (χ0n) is 9.51. The minimum atomic E-state index is 0.621. The fourth-order valence-corrected chi connectivity index (χ4v) is 2.27. The SMILES string of the molecule is Ic1cccc(Oc2ccc3ccccc3n2)c1. The second-order valence-corrected chi connectivity index (χ2v) is 5.15. The maximum atomic E-state index is 5.75. The Morgan fingerprint density at radius 2 is 1.78 bits per heavy atom. The van der Waals surface area contributed by atoms with Gasteiger partial charge < -0.3 is 4.74 Å². The predicted molar refractivity (Wildman–Crippen MR) is 81.0 cm³/mol. The van der Waals surface area contributed by atoms with Crippen LogP contribution in [0.2, 0.25) is 0 Å². The van der Waals surface area contributed by atoms with Crippen LogP contribution in [0.15, 0.2) is 60.7 Å². The largest absolute Gasteiger partial charge is 0.439 e. The van der Waals surface area contributed by atoms with Gasteiger partial charge in [0.05, 0.1) is 5.52 Å². The molecule has 3 aromatic rings. The Morgan fingerprint density at radius 1 is 0.889 bits per heavy atom. The molecule has 0 amide bonds. The number of para-hydroxylation sites is 1. The molecule has 2 aromatic carbocycles. The zero-order chi connectivity index (χ0) is 12.4. The number of fused-ring (bicyclic) bond motifs is 1. The highest BCUT2D eigenvalue weighted by Crippen LogP contribution is 2.23. The Hall–Kier alpha value is -1.62. The summed E-state index contributed by atoms with van der Waals surface area (Å²) in [5.41, 5.74) is 0.945. The van der Waals surface area contributed by atoms with Crippen molar-refractivity contribution >= 4 is 33.5 Å². The van der Waals surface area contributed by atoms with Crippen molar-refractivity contribution in [3.05, 3.63) is 64.2 Å². The van der Waals surface area contributed by atoms with Crippen molar-refractivity contribution in [1.29, 1.82) is 0 Å². The molecule has 1 heterocycles. The monoisotopic (exact) mass is 347 g/mol. The summed E-state index contributed by atoms with van der Waals surface area (Å²) < 4.78 is 6.90. The second kappa shape index (κ2) is 4.94. The van der Waals surface area contributed by atoms with Crippen molar-refractivity contribution in [1.82, 2.24) is 4.98 Å². The van der Waals surface area contributed by atoms with Gasteiger partial charge in [-0.1, -0.05) is 24.3 Å². The molecule has 0 fully saturated rings. The molecular weight excluding hydrogens is 337 g/mol. The molecule has 0 N–H and O–H groups in total. The molecule has 0 spiro atoms. The van der Waals surface area contributed by atoms with Gasteiger partial charge in [0.2, 0.25) is 5.88 Å². The van der Waals surface area contributed by atoms with Crippen LogP contribution in [0.25, 0.3) is 10.9 Å². The average molecular weight is 347 g/mol. The molecular formula is C15H10INO. The van der Waals surface area contributed by atoms with E-state index in [4.69, 9.17) is 4.74 Å². The highest BCUT2D eigenvalue weighted by molar-refractivity contribution is 14.1. The van der Waals surface area contributed by atoms with Crippen LogP contribution < -0.4 is 4.74 Å². The lowest BCUT2D eigenvalue weighted by molar-refractivity contribution is 0.465. The number of ether oxygens (including phenoxy) is 1. The lowest BCUT2D eigenvalue weighted by Gasteiger charge is -2.06. The topological polar surface area (TPSA) is 22.1 Å². The molecule has 0 unspecified atom stereocenters. The normalized spacial score (nSPS) is 10.5. The van der Waals surface area contributed by atoms with Gasteiger partial charge in [-0.25, -0.2) is 4.98 Å². The van der Waals surface area contributed by atoms with E-state index in [9.17, 15) is 0 Å². The molecule has 3 heteroatoms. The molecule has 88 valence electrons. The predicted octanol–water partition coefficient (Wildman–Crippen LogP) is 4.63. The summed E-state index contributed by atoms with van der Waals surface area (Å²) in [4.78, 5) is 4.48. The molecule has 3 rings (SSSR count). The molecule has 0 bridgehead atoms. The average Bonchev–Trinajstić information content (AvgIpc) is 2.39. The zero-order valence-corrected chi connectivity index (χ0v) is 11.7. The number of rotatable bonds is 2. The first-order chi connectivity index (χ1) is 8.81. The van der Waals surface area contributed by atoms with Crippen LogP contribution in [-0.2, 0) is 0 Å². The fraction of sp³-hybridized carbons (Fsp3) is 0. The summed E-state index contributed by atoms with van der Waals surface area (Å²) in [6.07, 6.45) is 0. The van der Waals surface area contributed by atoms with Gasteiger partial charge in [0, 0.05) is 15.0 Å². The van der Waals surface area contributed by atoms with Gasteiger partial charge in [0.25, 0.3) is 0 Å². The number of hydrogen-bond acceptors (Lipinski definition) is 2. The quantitative estimate of drug-likeness (QED) is 0.631. The summed E-state index contributed by atoms with van der Waals surface area (Å²) >= 11 is 2.26. The van der Waals surface area contributed by atoms with Crippen LogP contribution in [0, 0.1) is 3.57 Å². The van der Waals surface area contributed by atoms with Gasteiger partial charge in [-0.05, 0) is 52.9 Å². The van der Waals surface area contributed by atoms with Crippen LogP contribution in [0.3, 0.4) is 0 Å². The van der Waals surface area contributed by atoms with E-state index in [0.717, 1.165) is 20.2 Å². The van der Waals surface area contributed by atoms with E-state index in [1.807, 2.05) is 60.7 Å². The van der Waals surface area contributed by atoms with E-state index in [-0.39, 0.29) is 0 Å². The summed E-state index contributed by atoms with van der Waals surface area (Å²) in [6.45, 7) is 0.